The molecular formula is C20H13F9INO2. The molecule has 1 amide bonds. The molecule has 0 radical (unpaired) electrons. The van der Waals surface area contributed by atoms with Gasteiger partial charge in [0.25, 0.3) is 0 Å². The van der Waals surface area contributed by atoms with Crippen LogP contribution in [0.5, 0.6) is 0 Å². The van der Waals surface area contributed by atoms with Crippen LogP contribution in [0.3, 0.4) is 0 Å². The summed E-state index contributed by atoms with van der Waals surface area (Å²) in [7, 11) is 0. The molecule has 0 aromatic heterocycles. The van der Waals surface area contributed by atoms with Crippen LogP contribution < -0.4 is 0 Å². The number of ether oxygens (including phenoxy) is 1. The Bertz CT molecular complexity index is 1030. The Hall–Kier alpha value is -2.19. The molecule has 0 spiro atoms. The number of amides is 1. The van der Waals surface area contributed by atoms with E-state index in [4.69, 9.17) is 4.74 Å². The van der Waals surface area contributed by atoms with E-state index in [0.29, 0.717) is 15.7 Å². The fourth-order valence-corrected chi connectivity index (χ4v) is 3.86. The van der Waals surface area contributed by atoms with E-state index in [1.54, 1.807) is 22.6 Å². The van der Waals surface area contributed by atoms with Crippen molar-refractivity contribution in [2.45, 2.75) is 44.1 Å². The van der Waals surface area contributed by atoms with Crippen molar-refractivity contribution in [1.82, 2.24) is 4.90 Å². The molecule has 13 heteroatoms. The summed E-state index contributed by atoms with van der Waals surface area (Å²) in [6.07, 6.45) is -17.4. The van der Waals surface area contributed by atoms with Crippen LogP contribution in [0.4, 0.5) is 44.3 Å². The second-order valence-corrected chi connectivity index (χ2v) is 8.48. The van der Waals surface area contributed by atoms with Crippen molar-refractivity contribution in [2.24, 2.45) is 0 Å². The van der Waals surface area contributed by atoms with E-state index < -0.39 is 59.0 Å². The lowest BCUT2D eigenvalue weighted by Crippen LogP contribution is -2.32. The van der Waals surface area contributed by atoms with Gasteiger partial charge in [0.05, 0.1) is 29.3 Å². The van der Waals surface area contributed by atoms with Crippen molar-refractivity contribution < 1.29 is 49.0 Å². The van der Waals surface area contributed by atoms with Gasteiger partial charge in [-0.1, -0.05) is 0 Å². The normalized spacial score (nSPS) is 19.7. The predicted molar refractivity (Wildman–Crippen MR) is 105 cm³/mol. The second-order valence-electron chi connectivity index (χ2n) is 7.32. The molecule has 180 valence electrons. The number of benzene rings is 2. The first kappa shape index (κ1) is 25.4. The maximum atomic E-state index is 13.2. The third kappa shape index (κ3) is 5.49. The lowest BCUT2D eigenvalue weighted by atomic mass is 9.97. The monoisotopic (exact) mass is 597 g/mol. The Morgan fingerprint density at radius 1 is 0.848 bits per heavy atom. The molecule has 3 nitrogen and oxygen atoms in total. The van der Waals surface area contributed by atoms with E-state index in [1.165, 1.54) is 13.0 Å². The van der Waals surface area contributed by atoms with Gasteiger partial charge < -0.3 is 4.74 Å². The van der Waals surface area contributed by atoms with Crippen LogP contribution in [0.2, 0.25) is 0 Å². The molecule has 1 aliphatic heterocycles. The van der Waals surface area contributed by atoms with Crippen LogP contribution in [-0.4, -0.2) is 17.0 Å². The van der Waals surface area contributed by atoms with E-state index in [1.807, 2.05) is 0 Å². The molecule has 2 atom stereocenters. The zero-order valence-corrected chi connectivity index (χ0v) is 18.5. The number of hydrogen-bond donors (Lipinski definition) is 0. The second kappa shape index (κ2) is 8.55. The topological polar surface area (TPSA) is 29.5 Å². The molecule has 1 unspecified atom stereocenters. The molecule has 0 aliphatic carbocycles. The minimum absolute atomic E-state index is 0.0479. The number of halogens is 10. The van der Waals surface area contributed by atoms with E-state index in [0.717, 1.165) is 17.0 Å². The highest BCUT2D eigenvalue weighted by Crippen LogP contribution is 2.41. The number of carbonyl (C=O) groups excluding carboxylic acids is 1. The van der Waals surface area contributed by atoms with E-state index >= 15 is 0 Å². The first-order valence-corrected chi connectivity index (χ1v) is 10.2. The molecule has 33 heavy (non-hydrogen) atoms. The molecule has 3 rings (SSSR count). The summed E-state index contributed by atoms with van der Waals surface area (Å²) in [4.78, 5) is 13.3. The van der Waals surface area contributed by atoms with Gasteiger partial charge in [0.15, 0.2) is 0 Å². The summed E-state index contributed by atoms with van der Waals surface area (Å²) in [6, 6.07) is 2.66. The lowest BCUT2D eigenvalue weighted by Gasteiger charge is -2.23. The molecule has 1 saturated heterocycles. The zero-order chi connectivity index (χ0) is 24.9. The van der Waals surface area contributed by atoms with Gasteiger partial charge in [-0.25, -0.2) is 4.79 Å². The molecule has 1 aliphatic rings. The van der Waals surface area contributed by atoms with Gasteiger partial charge in [-0.3, -0.25) is 4.90 Å². The Morgan fingerprint density at radius 3 is 1.85 bits per heavy atom. The van der Waals surface area contributed by atoms with Crippen LogP contribution in [0.15, 0.2) is 36.4 Å². The van der Waals surface area contributed by atoms with Crippen molar-refractivity contribution in [3.05, 3.63) is 67.8 Å². The Morgan fingerprint density at radius 2 is 1.36 bits per heavy atom. The molecule has 0 bridgehead atoms. The smallest absolute Gasteiger partial charge is 0.416 e. The van der Waals surface area contributed by atoms with E-state index in [-0.39, 0.29) is 18.2 Å². The van der Waals surface area contributed by atoms with Crippen LogP contribution in [0, 0.1) is 3.57 Å². The largest absolute Gasteiger partial charge is 0.439 e. The van der Waals surface area contributed by atoms with Gasteiger partial charge in [-0.05, 0) is 77.0 Å². The fourth-order valence-electron chi connectivity index (χ4n) is 3.36. The number of hydrogen-bond acceptors (Lipinski definition) is 2. The van der Waals surface area contributed by atoms with Crippen molar-refractivity contribution >= 4 is 28.7 Å². The van der Waals surface area contributed by atoms with E-state index in [2.05, 4.69) is 0 Å². The Labute approximate surface area is 194 Å². The summed E-state index contributed by atoms with van der Waals surface area (Å²) >= 11 is 1.75. The van der Waals surface area contributed by atoms with Crippen molar-refractivity contribution in [3.8, 4) is 0 Å². The maximum Gasteiger partial charge on any atom is 0.416 e. The molecule has 2 aromatic rings. The Balaban J connectivity index is 1.96. The van der Waals surface area contributed by atoms with Crippen LogP contribution in [0.1, 0.15) is 40.8 Å². The average molecular weight is 597 g/mol. The van der Waals surface area contributed by atoms with Gasteiger partial charge in [0.1, 0.15) is 6.10 Å². The average Bonchev–Trinajstić information content (AvgIpc) is 2.95. The lowest BCUT2D eigenvalue weighted by molar-refractivity contribution is -0.143. The first-order chi connectivity index (χ1) is 15.0. The summed E-state index contributed by atoms with van der Waals surface area (Å²) < 4.78 is 123. The van der Waals surface area contributed by atoms with Gasteiger partial charge in [-0.15, -0.1) is 0 Å². The van der Waals surface area contributed by atoms with Crippen LogP contribution >= 0.6 is 22.6 Å². The maximum absolute atomic E-state index is 13.2. The molecule has 0 saturated carbocycles. The number of rotatable bonds is 3. The molecule has 2 aromatic carbocycles. The highest BCUT2D eigenvalue weighted by atomic mass is 127. The summed E-state index contributed by atoms with van der Waals surface area (Å²) in [5, 5.41) is 0. The molecule has 1 fully saturated rings. The quantitative estimate of drug-likeness (QED) is 0.272. The fraction of sp³-hybridized carbons (Fsp3) is 0.350. The third-order valence-electron chi connectivity index (χ3n) is 5.04. The number of alkyl halides is 9. The van der Waals surface area contributed by atoms with Crippen molar-refractivity contribution in [1.29, 1.82) is 0 Å². The van der Waals surface area contributed by atoms with Crippen molar-refractivity contribution in [3.63, 3.8) is 0 Å². The van der Waals surface area contributed by atoms with E-state index in [9.17, 15) is 44.3 Å². The first-order valence-electron chi connectivity index (χ1n) is 9.10. The van der Waals surface area contributed by atoms with Gasteiger partial charge >= 0.3 is 24.6 Å². The highest BCUT2D eigenvalue weighted by Gasteiger charge is 2.43. The third-order valence-corrected chi connectivity index (χ3v) is 6.10. The predicted octanol–water partition coefficient (Wildman–Crippen LogP) is 7.43. The van der Waals surface area contributed by atoms with Crippen LogP contribution in [-0.2, 0) is 29.8 Å². The van der Waals surface area contributed by atoms with Crippen LogP contribution in [0.25, 0.3) is 0 Å². The minimum atomic E-state index is -5.09. The standard InChI is InChI=1S/C20H13F9INO2/c1-9-16(10-4-13(19(24,25)26)7-14(5-10)20(27,28)29)33-17(32)31(9)8-11-6-12(18(21,22)23)2-3-15(11)30/h2-7,9,16H,8H2,1H3/t9-,16?/m0/s1. The molecule has 0 N–H and O–H groups in total. The summed E-state index contributed by atoms with van der Waals surface area (Å²) in [5.74, 6) is 0. The summed E-state index contributed by atoms with van der Waals surface area (Å²) in [5.41, 5.74) is -4.54. The number of cyclic esters (lactones) is 1. The zero-order valence-electron chi connectivity index (χ0n) is 16.4. The highest BCUT2D eigenvalue weighted by molar-refractivity contribution is 14.1. The van der Waals surface area contributed by atoms with Gasteiger partial charge in [0.2, 0.25) is 0 Å². The summed E-state index contributed by atoms with van der Waals surface area (Å²) in [6.45, 7) is 0.938. The molecule has 1 heterocycles. The van der Waals surface area contributed by atoms with Gasteiger partial charge in [-0.2, -0.15) is 39.5 Å². The number of carbonyl (C=O) groups is 1. The number of nitrogens with zero attached hydrogens (tertiary/aromatic N) is 1. The van der Waals surface area contributed by atoms with Gasteiger partial charge in [0, 0.05) is 3.57 Å². The minimum Gasteiger partial charge on any atom is -0.439 e. The molecular weight excluding hydrogens is 584 g/mol. The van der Waals surface area contributed by atoms with Crippen molar-refractivity contribution in [2.75, 3.05) is 0 Å². The SMILES string of the molecule is C[C@H]1C(c2cc(C(F)(F)F)cc(C(F)(F)F)c2)OC(=O)N1Cc1cc(C(F)(F)F)ccc1I. The Kier molecular flexibility index (Phi) is 6.59.